The number of rotatable bonds is 3. The fourth-order valence-corrected chi connectivity index (χ4v) is 2.96. The van der Waals surface area contributed by atoms with Gasteiger partial charge in [0, 0.05) is 25.6 Å². The van der Waals surface area contributed by atoms with Crippen LogP contribution in [0, 0.1) is 18.8 Å². The van der Waals surface area contributed by atoms with Crippen molar-refractivity contribution in [3.8, 4) is 11.3 Å². The molecular weight excluding hydrogens is 296 g/mol. The number of aliphatic carboxylic acids is 1. The number of likely N-dealkylation sites (tertiary alicyclic amines) is 1. The van der Waals surface area contributed by atoms with E-state index in [1.54, 1.807) is 11.8 Å². The third-order valence-corrected chi connectivity index (χ3v) is 4.19. The Morgan fingerprint density at radius 3 is 2.57 bits per heavy atom. The summed E-state index contributed by atoms with van der Waals surface area (Å²) in [7, 11) is 0. The van der Waals surface area contributed by atoms with Gasteiger partial charge in [-0.3, -0.25) is 9.59 Å². The second-order valence-electron chi connectivity index (χ2n) is 5.91. The van der Waals surface area contributed by atoms with Gasteiger partial charge in [-0.25, -0.2) is 4.98 Å². The average molecular weight is 314 g/mol. The maximum Gasteiger partial charge on any atom is 0.308 e. The Kier molecular flexibility index (Phi) is 3.90. The molecule has 1 aromatic carbocycles. The summed E-state index contributed by atoms with van der Waals surface area (Å²) in [4.78, 5) is 29.8. The van der Waals surface area contributed by atoms with E-state index >= 15 is 0 Å². The van der Waals surface area contributed by atoms with Crippen molar-refractivity contribution in [2.45, 2.75) is 13.8 Å². The number of oxazole rings is 1. The summed E-state index contributed by atoms with van der Waals surface area (Å²) < 4.78 is 5.61. The Labute approximate surface area is 133 Å². The van der Waals surface area contributed by atoms with Crippen LogP contribution >= 0.6 is 0 Å². The zero-order chi connectivity index (χ0) is 16.6. The van der Waals surface area contributed by atoms with E-state index in [1.807, 2.05) is 37.3 Å². The molecule has 0 bridgehead atoms. The van der Waals surface area contributed by atoms with Crippen molar-refractivity contribution in [1.82, 2.24) is 9.88 Å². The van der Waals surface area contributed by atoms with Crippen molar-refractivity contribution in [3.05, 3.63) is 41.9 Å². The number of carboxylic acid groups (broad SMARTS) is 1. The first-order valence-corrected chi connectivity index (χ1v) is 7.52. The lowest BCUT2D eigenvalue weighted by Crippen LogP contribution is -2.30. The number of carbonyl (C=O) groups is 2. The molecule has 0 spiro atoms. The monoisotopic (exact) mass is 314 g/mol. The lowest BCUT2D eigenvalue weighted by Gasteiger charge is -2.14. The standard InChI is InChI=1S/C17H18N2O4/c1-10-8-19(9-13(10)17(21)22)16(20)14-15(23-11(2)18-14)12-6-4-3-5-7-12/h3-7,10,13H,8-9H2,1-2H3,(H,21,22)/t10-,13-/m1/s1. The van der Waals surface area contributed by atoms with Gasteiger partial charge in [-0.05, 0) is 5.92 Å². The van der Waals surface area contributed by atoms with Crippen LogP contribution in [0.5, 0.6) is 0 Å². The fraction of sp³-hybridized carbons (Fsp3) is 0.353. The number of carbonyl (C=O) groups excluding carboxylic acids is 1. The van der Waals surface area contributed by atoms with Gasteiger partial charge >= 0.3 is 5.97 Å². The maximum atomic E-state index is 12.8. The van der Waals surface area contributed by atoms with Crippen LogP contribution in [0.4, 0.5) is 0 Å². The van der Waals surface area contributed by atoms with Crippen molar-refractivity contribution in [1.29, 1.82) is 0 Å². The van der Waals surface area contributed by atoms with Gasteiger partial charge < -0.3 is 14.4 Å². The Hall–Kier alpha value is -2.63. The summed E-state index contributed by atoms with van der Waals surface area (Å²) in [5.41, 5.74) is 1.02. The van der Waals surface area contributed by atoms with Crippen molar-refractivity contribution < 1.29 is 19.1 Å². The van der Waals surface area contributed by atoms with Gasteiger partial charge in [0.15, 0.2) is 17.3 Å². The van der Waals surface area contributed by atoms with Crippen molar-refractivity contribution in [2.24, 2.45) is 11.8 Å². The third kappa shape index (κ3) is 2.84. The Balaban J connectivity index is 1.91. The zero-order valence-corrected chi connectivity index (χ0v) is 13.0. The third-order valence-electron chi connectivity index (χ3n) is 4.19. The van der Waals surface area contributed by atoms with Gasteiger partial charge in [-0.15, -0.1) is 0 Å². The minimum atomic E-state index is -0.868. The molecule has 0 radical (unpaired) electrons. The lowest BCUT2D eigenvalue weighted by atomic mass is 9.99. The highest BCUT2D eigenvalue weighted by Crippen LogP contribution is 2.29. The quantitative estimate of drug-likeness (QED) is 0.940. The highest BCUT2D eigenvalue weighted by atomic mass is 16.4. The molecule has 6 heteroatoms. The second kappa shape index (κ2) is 5.87. The van der Waals surface area contributed by atoms with Gasteiger partial charge in [0.1, 0.15) is 0 Å². The van der Waals surface area contributed by atoms with Gasteiger partial charge in [-0.2, -0.15) is 0 Å². The zero-order valence-electron chi connectivity index (χ0n) is 13.0. The maximum absolute atomic E-state index is 12.8. The van der Waals surface area contributed by atoms with E-state index in [1.165, 1.54) is 0 Å². The molecule has 0 unspecified atom stereocenters. The molecule has 1 saturated heterocycles. The number of amides is 1. The molecular formula is C17H18N2O4. The van der Waals surface area contributed by atoms with Crippen molar-refractivity contribution in [3.63, 3.8) is 0 Å². The van der Waals surface area contributed by atoms with E-state index in [4.69, 9.17) is 4.42 Å². The molecule has 1 aliphatic heterocycles. The van der Waals surface area contributed by atoms with Crippen LogP contribution in [0.2, 0.25) is 0 Å². The highest BCUT2D eigenvalue weighted by molar-refractivity contribution is 5.98. The molecule has 0 saturated carbocycles. The van der Waals surface area contributed by atoms with Gasteiger partial charge in [0.25, 0.3) is 5.91 Å². The molecule has 2 atom stereocenters. The summed E-state index contributed by atoms with van der Waals surface area (Å²) in [6, 6.07) is 9.31. The number of hydrogen-bond acceptors (Lipinski definition) is 4. The minimum absolute atomic E-state index is 0.0791. The Morgan fingerprint density at radius 1 is 1.26 bits per heavy atom. The molecule has 1 fully saturated rings. The van der Waals surface area contributed by atoms with E-state index in [0.29, 0.717) is 18.2 Å². The summed E-state index contributed by atoms with van der Waals surface area (Å²) >= 11 is 0. The lowest BCUT2D eigenvalue weighted by molar-refractivity contribution is -0.142. The summed E-state index contributed by atoms with van der Waals surface area (Å²) in [6.07, 6.45) is 0. The number of hydrogen-bond donors (Lipinski definition) is 1. The van der Waals surface area contributed by atoms with Crippen LogP contribution < -0.4 is 0 Å². The molecule has 120 valence electrons. The molecule has 23 heavy (non-hydrogen) atoms. The first kappa shape index (κ1) is 15.3. The Morgan fingerprint density at radius 2 is 1.96 bits per heavy atom. The summed E-state index contributed by atoms with van der Waals surface area (Å²) in [5.74, 6) is -0.922. The number of carboxylic acids is 1. The SMILES string of the molecule is Cc1nc(C(=O)N2C[C@@H](C)[C@H](C(=O)O)C2)c(-c2ccccc2)o1. The topological polar surface area (TPSA) is 83.6 Å². The highest BCUT2D eigenvalue weighted by Gasteiger charge is 2.38. The summed E-state index contributed by atoms with van der Waals surface area (Å²) in [5, 5.41) is 9.22. The van der Waals surface area contributed by atoms with Crippen LogP contribution in [0.3, 0.4) is 0 Å². The fourth-order valence-electron chi connectivity index (χ4n) is 2.96. The van der Waals surface area contributed by atoms with Crippen LogP contribution in [-0.4, -0.2) is 40.0 Å². The van der Waals surface area contributed by atoms with Gasteiger partial charge in [0.2, 0.25) is 0 Å². The molecule has 1 N–H and O–H groups in total. The van der Waals surface area contributed by atoms with Crippen molar-refractivity contribution in [2.75, 3.05) is 13.1 Å². The van der Waals surface area contributed by atoms with E-state index in [2.05, 4.69) is 4.98 Å². The van der Waals surface area contributed by atoms with E-state index < -0.39 is 11.9 Å². The molecule has 1 aromatic heterocycles. The molecule has 3 rings (SSSR count). The Bertz CT molecular complexity index is 738. The molecule has 6 nitrogen and oxygen atoms in total. The molecule has 2 heterocycles. The predicted octanol–water partition coefficient (Wildman–Crippen LogP) is 2.44. The smallest absolute Gasteiger partial charge is 0.308 e. The first-order valence-electron chi connectivity index (χ1n) is 7.52. The average Bonchev–Trinajstić information content (AvgIpc) is 3.11. The van der Waals surface area contributed by atoms with Crippen LogP contribution in [0.15, 0.2) is 34.7 Å². The van der Waals surface area contributed by atoms with Crippen LogP contribution in [0.25, 0.3) is 11.3 Å². The first-order chi connectivity index (χ1) is 11.0. The van der Waals surface area contributed by atoms with E-state index in [9.17, 15) is 14.7 Å². The molecule has 2 aromatic rings. The van der Waals surface area contributed by atoms with Crippen LogP contribution in [0.1, 0.15) is 23.3 Å². The number of benzene rings is 1. The molecule has 1 amide bonds. The summed E-state index contributed by atoms with van der Waals surface area (Å²) in [6.45, 7) is 4.15. The van der Waals surface area contributed by atoms with Crippen molar-refractivity contribution >= 4 is 11.9 Å². The molecule has 1 aliphatic rings. The van der Waals surface area contributed by atoms with E-state index in [-0.39, 0.29) is 24.1 Å². The van der Waals surface area contributed by atoms with Crippen LogP contribution in [-0.2, 0) is 4.79 Å². The predicted molar refractivity (Wildman–Crippen MR) is 82.9 cm³/mol. The minimum Gasteiger partial charge on any atom is -0.481 e. The van der Waals surface area contributed by atoms with Gasteiger partial charge in [-0.1, -0.05) is 37.3 Å². The van der Waals surface area contributed by atoms with Gasteiger partial charge in [0.05, 0.1) is 5.92 Å². The largest absolute Gasteiger partial charge is 0.481 e. The number of aromatic nitrogens is 1. The number of nitrogens with zero attached hydrogens (tertiary/aromatic N) is 2. The molecule has 0 aliphatic carbocycles. The second-order valence-corrected chi connectivity index (χ2v) is 5.91. The number of aryl methyl sites for hydroxylation is 1. The normalized spacial score (nSPS) is 20.7. The van der Waals surface area contributed by atoms with E-state index in [0.717, 1.165) is 5.56 Å².